The fraction of sp³-hybridized carbons (Fsp3) is 0.545. The fourth-order valence-electron chi connectivity index (χ4n) is 1.32. The molecular formula is C11H18N+. The molecule has 0 saturated carbocycles. The fourth-order valence-corrected chi connectivity index (χ4v) is 1.32. The molecule has 1 heteroatoms. The molecule has 0 radical (unpaired) electrons. The van der Waals surface area contributed by atoms with Crippen molar-refractivity contribution in [2.45, 2.75) is 33.0 Å². The number of pyridine rings is 1. The zero-order valence-corrected chi connectivity index (χ0v) is 8.18. The monoisotopic (exact) mass is 167 g/mol. The number of aryl methyl sites for hydroxylation is 2. The van der Waals surface area contributed by atoms with Gasteiger partial charge in [0, 0.05) is 21.7 Å². The summed E-state index contributed by atoms with van der Waals surface area (Å²) in [6.45, 7) is 4.21. The van der Waals surface area contributed by atoms with Gasteiger partial charge in [0.05, 0.1) is 0 Å². The summed E-state index contributed by atoms with van der Waals surface area (Å²) in [5.41, 5.74) is 1.39. The minimum atomic E-state index is -2.02. The van der Waals surface area contributed by atoms with Crippen molar-refractivity contribution in [2.75, 3.05) is 0 Å². The van der Waals surface area contributed by atoms with Gasteiger partial charge in [-0.3, -0.25) is 0 Å². The second-order valence-corrected chi connectivity index (χ2v) is 4.16. The molecule has 0 aliphatic carbocycles. The summed E-state index contributed by atoms with van der Waals surface area (Å²) in [6.07, 6.45) is 1.81. The van der Waals surface area contributed by atoms with Gasteiger partial charge in [0.1, 0.15) is 7.05 Å². The number of rotatable bonds is 0. The van der Waals surface area contributed by atoms with Crippen molar-refractivity contribution < 1.29 is 8.68 Å². The van der Waals surface area contributed by atoms with E-state index in [1.165, 1.54) is 0 Å². The van der Waals surface area contributed by atoms with Crippen LogP contribution in [0.3, 0.4) is 0 Å². The molecule has 66 valence electrons. The van der Waals surface area contributed by atoms with Gasteiger partial charge in [-0.25, -0.2) is 4.57 Å². The van der Waals surface area contributed by atoms with E-state index in [4.69, 9.17) is 4.11 Å². The van der Waals surface area contributed by atoms with Crippen LogP contribution < -0.4 is 4.57 Å². The lowest BCUT2D eigenvalue weighted by Crippen LogP contribution is -2.39. The van der Waals surface area contributed by atoms with Crippen LogP contribution in [0.4, 0.5) is 0 Å². The lowest BCUT2D eigenvalue weighted by atomic mass is 9.90. The van der Waals surface area contributed by atoms with Crippen molar-refractivity contribution in [3.8, 4) is 0 Å². The van der Waals surface area contributed by atoms with Crippen molar-refractivity contribution in [2.24, 2.45) is 7.05 Å². The van der Waals surface area contributed by atoms with Gasteiger partial charge in [-0.15, -0.1) is 0 Å². The summed E-state index contributed by atoms with van der Waals surface area (Å²) in [4.78, 5) is 0. The first-order chi connectivity index (χ1) is 6.62. The molecule has 0 aliphatic heterocycles. The molecule has 0 aromatic carbocycles. The van der Waals surface area contributed by atoms with E-state index in [0.717, 1.165) is 5.69 Å². The van der Waals surface area contributed by atoms with Gasteiger partial charge >= 0.3 is 0 Å². The van der Waals surface area contributed by atoms with Gasteiger partial charge in [0.25, 0.3) is 0 Å². The third-order valence-electron chi connectivity index (χ3n) is 1.92. The Labute approximate surface area is 79.3 Å². The Balaban J connectivity index is 3.30. The van der Waals surface area contributed by atoms with Gasteiger partial charge in [-0.1, -0.05) is 20.8 Å². The molecule has 1 heterocycles. The summed E-state index contributed by atoms with van der Waals surface area (Å²) in [5, 5.41) is 0. The third kappa shape index (κ3) is 1.84. The molecule has 0 N–H and O–H groups in total. The molecular weight excluding hydrogens is 146 g/mol. The average Bonchev–Trinajstić information content (AvgIpc) is 2.00. The van der Waals surface area contributed by atoms with E-state index in [1.54, 1.807) is 12.1 Å². The highest BCUT2D eigenvalue weighted by atomic mass is 14.9. The molecule has 0 spiro atoms. The quantitative estimate of drug-likeness (QED) is 0.521. The van der Waals surface area contributed by atoms with Crippen molar-refractivity contribution in [1.29, 1.82) is 0 Å². The van der Waals surface area contributed by atoms with Crippen LogP contribution in [0.1, 0.15) is 36.1 Å². The summed E-state index contributed by atoms with van der Waals surface area (Å²) in [5.74, 6) is 0. The molecule has 0 aliphatic rings. The Morgan fingerprint density at radius 2 is 2.08 bits per heavy atom. The van der Waals surface area contributed by atoms with Crippen molar-refractivity contribution in [3.05, 3.63) is 29.6 Å². The highest BCUT2D eigenvalue weighted by Crippen LogP contribution is 2.18. The van der Waals surface area contributed by atoms with E-state index in [9.17, 15) is 0 Å². The number of hydrogen-bond donors (Lipinski definition) is 0. The van der Waals surface area contributed by atoms with Crippen molar-refractivity contribution >= 4 is 0 Å². The number of hydrogen-bond acceptors (Lipinski definition) is 0. The maximum absolute atomic E-state index is 7.37. The van der Waals surface area contributed by atoms with E-state index >= 15 is 0 Å². The zero-order valence-electron chi connectivity index (χ0n) is 11.2. The van der Waals surface area contributed by atoms with E-state index in [2.05, 4.69) is 20.8 Å². The molecule has 0 unspecified atom stereocenters. The van der Waals surface area contributed by atoms with Crippen LogP contribution in [-0.2, 0) is 12.5 Å². The largest absolute Gasteiger partial charge is 0.205 e. The second kappa shape index (κ2) is 2.89. The third-order valence-corrected chi connectivity index (χ3v) is 1.92. The maximum atomic E-state index is 7.37. The highest BCUT2D eigenvalue weighted by Gasteiger charge is 2.22. The predicted octanol–water partition coefficient (Wildman–Crippen LogP) is 2.12. The zero-order chi connectivity index (χ0) is 11.9. The Morgan fingerprint density at radius 3 is 2.58 bits per heavy atom. The Hall–Kier alpha value is -0.850. The highest BCUT2D eigenvalue weighted by molar-refractivity contribution is 5.15. The molecule has 1 aromatic rings. The average molecular weight is 167 g/mol. The lowest BCUT2D eigenvalue weighted by molar-refractivity contribution is -0.682. The molecule has 0 fully saturated rings. The molecule has 0 saturated heterocycles. The summed E-state index contributed by atoms with van der Waals surface area (Å²) >= 11 is 0. The lowest BCUT2D eigenvalue weighted by Gasteiger charge is -2.15. The van der Waals surface area contributed by atoms with Gasteiger partial charge < -0.3 is 0 Å². The van der Waals surface area contributed by atoms with Gasteiger partial charge in [0.15, 0.2) is 11.9 Å². The molecule has 0 atom stereocenters. The first kappa shape index (κ1) is 5.74. The first-order valence-electron chi connectivity index (χ1n) is 5.63. The molecule has 0 bridgehead atoms. The van der Waals surface area contributed by atoms with E-state index in [-0.39, 0.29) is 5.41 Å². The Kier molecular flexibility index (Phi) is 1.38. The normalized spacial score (nSPS) is 16.5. The van der Waals surface area contributed by atoms with Gasteiger partial charge in [-0.2, -0.15) is 0 Å². The standard InChI is InChI=1S/C11H18N/c1-9-6-7-12(5)10(8-9)11(2,3)4/h6-8H,1-5H3/q+1/i1D3. The topological polar surface area (TPSA) is 3.88 Å². The number of nitrogens with zero attached hydrogens (tertiary/aromatic N) is 1. The molecule has 1 aromatic heterocycles. The van der Waals surface area contributed by atoms with Crippen LogP contribution in [0.25, 0.3) is 0 Å². The predicted molar refractivity (Wildman–Crippen MR) is 51.1 cm³/mol. The van der Waals surface area contributed by atoms with Crippen LogP contribution in [0.5, 0.6) is 0 Å². The Morgan fingerprint density at radius 1 is 1.42 bits per heavy atom. The second-order valence-electron chi connectivity index (χ2n) is 4.16. The smallest absolute Gasteiger partial charge is 0.186 e. The maximum Gasteiger partial charge on any atom is 0.186 e. The van der Waals surface area contributed by atoms with Crippen LogP contribution in [0.2, 0.25) is 0 Å². The van der Waals surface area contributed by atoms with Crippen LogP contribution in [-0.4, -0.2) is 0 Å². The van der Waals surface area contributed by atoms with Gasteiger partial charge in [-0.05, 0) is 12.4 Å². The first-order valence-corrected chi connectivity index (χ1v) is 4.13. The van der Waals surface area contributed by atoms with E-state index in [1.807, 2.05) is 17.8 Å². The minimum absolute atomic E-state index is 0.0456. The van der Waals surface area contributed by atoms with Gasteiger partial charge in [0.2, 0.25) is 0 Å². The minimum Gasteiger partial charge on any atom is -0.205 e. The molecule has 12 heavy (non-hydrogen) atoms. The molecule has 1 nitrogen and oxygen atoms in total. The van der Waals surface area contributed by atoms with Crippen LogP contribution >= 0.6 is 0 Å². The van der Waals surface area contributed by atoms with Crippen molar-refractivity contribution in [1.82, 2.24) is 0 Å². The SMILES string of the molecule is [2H]C([2H])([2H])c1cc[n+](C)c(C(C)(C)C)c1. The van der Waals surface area contributed by atoms with Crippen molar-refractivity contribution in [3.63, 3.8) is 0 Å². The summed E-state index contributed by atoms with van der Waals surface area (Å²) < 4.78 is 24.1. The summed E-state index contributed by atoms with van der Waals surface area (Å²) in [7, 11) is 1.93. The van der Waals surface area contributed by atoms with E-state index < -0.39 is 6.85 Å². The van der Waals surface area contributed by atoms with Crippen LogP contribution in [0.15, 0.2) is 18.3 Å². The molecule has 1 rings (SSSR count). The van der Waals surface area contributed by atoms with E-state index in [0.29, 0.717) is 5.56 Å². The number of aromatic nitrogens is 1. The summed E-state index contributed by atoms with van der Waals surface area (Å²) in [6, 6.07) is 3.43. The Bertz CT molecular complexity index is 361. The van der Waals surface area contributed by atoms with Crippen LogP contribution in [0, 0.1) is 6.85 Å². The molecule has 0 amide bonds.